The maximum atomic E-state index is 13.0. The SMILES string of the molecule is COc1ccc(OC)c(/C=C/C(=O)OCc2csc(-c3ccc(F)cc3)n2)c1. The second kappa shape index (κ2) is 9.14. The topological polar surface area (TPSA) is 57.7 Å². The number of halogens is 1. The van der Waals surface area contributed by atoms with Crippen molar-refractivity contribution in [3.8, 4) is 22.1 Å². The fourth-order valence-corrected chi connectivity index (χ4v) is 3.23. The maximum Gasteiger partial charge on any atom is 0.331 e. The van der Waals surface area contributed by atoms with Crippen LogP contribution in [0.3, 0.4) is 0 Å². The first-order valence-electron chi connectivity index (χ1n) is 8.36. The van der Waals surface area contributed by atoms with Crippen LogP contribution in [0.5, 0.6) is 11.5 Å². The lowest BCUT2D eigenvalue weighted by Crippen LogP contribution is -2.01. The smallest absolute Gasteiger partial charge is 0.331 e. The summed E-state index contributed by atoms with van der Waals surface area (Å²) in [6.07, 6.45) is 2.93. The molecule has 7 heteroatoms. The van der Waals surface area contributed by atoms with Crippen molar-refractivity contribution in [3.05, 3.63) is 71.0 Å². The molecule has 0 bridgehead atoms. The Morgan fingerprint density at radius 3 is 2.64 bits per heavy atom. The van der Waals surface area contributed by atoms with Gasteiger partial charge in [0.15, 0.2) is 0 Å². The van der Waals surface area contributed by atoms with E-state index in [1.165, 1.54) is 29.5 Å². The normalized spacial score (nSPS) is 10.8. The Labute approximate surface area is 166 Å². The number of thiazole rings is 1. The lowest BCUT2D eigenvalue weighted by Gasteiger charge is -2.07. The molecular weight excluding hydrogens is 381 g/mol. The zero-order valence-electron chi connectivity index (χ0n) is 15.3. The fourth-order valence-electron chi connectivity index (χ4n) is 2.42. The minimum atomic E-state index is -0.499. The quantitative estimate of drug-likeness (QED) is 0.425. The zero-order valence-corrected chi connectivity index (χ0v) is 16.2. The molecule has 5 nitrogen and oxygen atoms in total. The molecule has 0 atom stereocenters. The van der Waals surface area contributed by atoms with E-state index < -0.39 is 5.97 Å². The van der Waals surface area contributed by atoms with E-state index in [1.807, 2.05) is 0 Å². The third-order valence-electron chi connectivity index (χ3n) is 3.84. The lowest BCUT2D eigenvalue weighted by molar-refractivity contribution is -0.139. The molecule has 0 radical (unpaired) electrons. The molecule has 0 N–H and O–H groups in total. The molecular formula is C21H18FNO4S. The fraction of sp³-hybridized carbons (Fsp3) is 0.143. The third-order valence-corrected chi connectivity index (χ3v) is 4.78. The van der Waals surface area contributed by atoms with Crippen LogP contribution < -0.4 is 9.47 Å². The molecule has 0 aliphatic heterocycles. The summed E-state index contributed by atoms with van der Waals surface area (Å²) in [5.74, 6) is 0.480. The van der Waals surface area contributed by atoms with Crippen LogP contribution in [0.4, 0.5) is 4.39 Å². The van der Waals surface area contributed by atoms with Gasteiger partial charge in [0, 0.05) is 22.6 Å². The van der Waals surface area contributed by atoms with Crippen molar-refractivity contribution in [2.45, 2.75) is 6.61 Å². The number of aromatic nitrogens is 1. The summed E-state index contributed by atoms with van der Waals surface area (Å²) in [6, 6.07) is 11.4. The Balaban J connectivity index is 1.60. The van der Waals surface area contributed by atoms with E-state index in [0.717, 1.165) is 10.6 Å². The molecule has 144 valence electrons. The van der Waals surface area contributed by atoms with Crippen molar-refractivity contribution in [1.82, 2.24) is 4.98 Å². The molecule has 28 heavy (non-hydrogen) atoms. The first-order valence-corrected chi connectivity index (χ1v) is 9.24. The van der Waals surface area contributed by atoms with E-state index in [0.29, 0.717) is 22.8 Å². The first kappa shape index (κ1) is 19.6. The average Bonchev–Trinajstić information content (AvgIpc) is 3.20. The monoisotopic (exact) mass is 399 g/mol. The second-order valence-electron chi connectivity index (χ2n) is 5.70. The van der Waals surface area contributed by atoms with Crippen molar-refractivity contribution in [1.29, 1.82) is 0 Å². The molecule has 0 aliphatic rings. The number of esters is 1. The van der Waals surface area contributed by atoms with Crippen LogP contribution in [0.15, 0.2) is 53.9 Å². The molecule has 0 unspecified atom stereocenters. The number of hydrogen-bond acceptors (Lipinski definition) is 6. The van der Waals surface area contributed by atoms with Gasteiger partial charge >= 0.3 is 5.97 Å². The zero-order chi connectivity index (χ0) is 19.9. The van der Waals surface area contributed by atoms with Crippen LogP contribution in [0.2, 0.25) is 0 Å². The van der Waals surface area contributed by atoms with Crippen molar-refractivity contribution in [3.63, 3.8) is 0 Å². The number of hydrogen-bond donors (Lipinski definition) is 0. The van der Waals surface area contributed by atoms with Gasteiger partial charge in [-0.2, -0.15) is 0 Å². The van der Waals surface area contributed by atoms with Gasteiger partial charge in [0.05, 0.1) is 19.9 Å². The minimum Gasteiger partial charge on any atom is -0.497 e. The Bertz CT molecular complexity index is 982. The third kappa shape index (κ3) is 4.95. The van der Waals surface area contributed by atoms with Gasteiger partial charge in [0.1, 0.15) is 28.9 Å². The van der Waals surface area contributed by atoms with Gasteiger partial charge in [0.2, 0.25) is 0 Å². The van der Waals surface area contributed by atoms with Crippen molar-refractivity contribution in [2.75, 3.05) is 14.2 Å². The van der Waals surface area contributed by atoms with E-state index in [4.69, 9.17) is 14.2 Å². The highest BCUT2D eigenvalue weighted by Crippen LogP contribution is 2.26. The minimum absolute atomic E-state index is 0.0517. The lowest BCUT2D eigenvalue weighted by atomic mass is 10.1. The highest BCUT2D eigenvalue weighted by atomic mass is 32.1. The van der Waals surface area contributed by atoms with E-state index in [-0.39, 0.29) is 12.4 Å². The maximum absolute atomic E-state index is 13.0. The molecule has 0 saturated heterocycles. The predicted octanol–water partition coefficient (Wildman–Crippen LogP) is 4.72. The van der Waals surface area contributed by atoms with E-state index in [2.05, 4.69) is 4.98 Å². The number of benzene rings is 2. The molecule has 0 fully saturated rings. The van der Waals surface area contributed by atoms with Crippen molar-refractivity contribution < 1.29 is 23.4 Å². The van der Waals surface area contributed by atoms with Gasteiger partial charge in [-0.05, 0) is 48.5 Å². The number of methoxy groups -OCH3 is 2. The van der Waals surface area contributed by atoms with Crippen LogP contribution in [-0.2, 0) is 16.1 Å². The molecule has 0 amide bonds. The second-order valence-corrected chi connectivity index (χ2v) is 6.56. The number of nitrogens with zero attached hydrogens (tertiary/aromatic N) is 1. The van der Waals surface area contributed by atoms with Crippen LogP contribution in [0, 0.1) is 5.82 Å². The molecule has 0 spiro atoms. The summed E-state index contributed by atoms with van der Waals surface area (Å²) in [4.78, 5) is 16.4. The molecule has 3 aromatic rings. The average molecular weight is 399 g/mol. The summed E-state index contributed by atoms with van der Waals surface area (Å²) < 4.78 is 28.7. The molecule has 1 heterocycles. The number of ether oxygens (including phenoxy) is 3. The highest BCUT2D eigenvalue weighted by Gasteiger charge is 2.08. The highest BCUT2D eigenvalue weighted by molar-refractivity contribution is 7.13. The standard InChI is InChI=1S/C21H18FNO4S/c1-25-18-8-9-19(26-2)15(11-18)5-10-20(24)27-12-17-13-28-21(23-17)14-3-6-16(22)7-4-14/h3-11,13H,12H2,1-2H3/b10-5+. The summed E-state index contributed by atoms with van der Waals surface area (Å²) in [6.45, 7) is 0.0517. The van der Waals surface area contributed by atoms with Crippen LogP contribution >= 0.6 is 11.3 Å². The Hall–Kier alpha value is -3.19. The van der Waals surface area contributed by atoms with Gasteiger partial charge in [-0.15, -0.1) is 11.3 Å². The van der Waals surface area contributed by atoms with Gasteiger partial charge in [-0.25, -0.2) is 14.2 Å². The molecule has 0 aliphatic carbocycles. The van der Waals surface area contributed by atoms with Crippen LogP contribution in [0.25, 0.3) is 16.6 Å². The molecule has 2 aromatic carbocycles. The van der Waals surface area contributed by atoms with Gasteiger partial charge in [-0.3, -0.25) is 0 Å². The van der Waals surface area contributed by atoms with E-state index in [9.17, 15) is 9.18 Å². The molecule has 3 rings (SSSR count). The molecule has 1 aromatic heterocycles. The van der Waals surface area contributed by atoms with Crippen LogP contribution in [-0.4, -0.2) is 25.2 Å². The summed E-state index contributed by atoms with van der Waals surface area (Å²) in [5, 5.41) is 2.54. The van der Waals surface area contributed by atoms with Crippen molar-refractivity contribution in [2.24, 2.45) is 0 Å². The largest absolute Gasteiger partial charge is 0.497 e. The van der Waals surface area contributed by atoms with E-state index >= 15 is 0 Å². The van der Waals surface area contributed by atoms with E-state index in [1.54, 1.807) is 56.0 Å². The first-order chi connectivity index (χ1) is 13.6. The molecule has 0 saturated carbocycles. The summed E-state index contributed by atoms with van der Waals surface area (Å²) in [7, 11) is 3.12. The number of carbonyl (C=O) groups is 1. The number of rotatable bonds is 7. The predicted molar refractivity (Wildman–Crippen MR) is 106 cm³/mol. The Morgan fingerprint density at radius 2 is 1.93 bits per heavy atom. The van der Waals surface area contributed by atoms with Crippen LogP contribution in [0.1, 0.15) is 11.3 Å². The number of carbonyl (C=O) groups excluding carboxylic acids is 1. The Morgan fingerprint density at radius 1 is 1.14 bits per heavy atom. The van der Waals surface area contributed by atoms with Gasteiger partial charge in [0.25, 0.3) is 0 Å². The summed E-state index contributed by atoms with van der Waals surface area (Å²) in [5.41, 5.74) is 2.14. The Kier molecular flexibility index (Phi) is 6.39. The van der Waals surface area contributed by atoms with Gasteiger partial charge < -0.3 is 14.2 Å². The van der Waals surface area contributed by atoms with Gasteiger partial charge in [-0.1, -0.05) is 0 Å². The van der Waals surface area contributed by atoms with Crippen molar-refractivity contribution >= 4 is 23.4 Å². The summed E-state index contributed by atoms with van der Waals surface area (Å²) >= 11 is 1.41.